The van der Waals surface area contributed by atoms with E-state index in [1.54, 1.807) is 16.9 Å². The van der Waals surface area contributed by atoms with Gasteiger partial charge in [0, 0.05) is 18.3 Å². The molecule has 4 heterocycles. The molecule has 2 atom stereocenters. The molecule has 0 saturated carbocycles. The molecule has 2 aromatic heterocycles. The number of aromatic nitrogens is 3. The summed E-state index contributed by atoms with van der Waals surface area (Å²) in [4.78, 5) is 4.33. The van der Waals surface area contributed by atoms with Crippen LogP contribution in [0.3, 0.4) is 0 Å². The normalized spacial score (nSPS) is 35.2. The van der Waals surface area contributed by atoms with E-state index in [2.05, 4.69) is 15.4 Å². The van der Waals surface area contributed by atoms with Crippen molar-refractivity contribution in [1.29, 1.82) is 0 Å². The summed E-state index contributed by atoms with van der Waals surface area (Å²) in [7, 11) is 0. The SMILES string of the molecule is OC1(c2cnc3cccnn23)CC2CCC(C1)N2. The summed E-state index contributed by atoms with van der Waals surface area (Å²) in [5, 5.41) is 18.8. The Labute approximate surface area is 105 Å². The van der Waals surface area contributed by atoms with Gasteiger partial charge >= 0.3 is 0 Å². The van der Waals surface area contributed by atoms with Gasteiger partial charge in [0.25, 0.3) is 0 Å². The van der Waals surface area contributed by atoms with Crippen LogP contribution in [0, 0.1) is 0 Å². The molecule has 2 bridgehead atoms. The molecule has 0 spiro atoms. The molecule has 2 saturated heterocycles. The van der Waals surface area contributed by atoms with Crippen LogP contribution in [0.1, 0.15) is 31.4 Å². The number of hydrogen-bond donors (Lipinski definition) is 2. The van der Waals surface area contributed by atoms with E-state index in [9.17, 15) is 5.11 Å². The first-order valence-corrected chi connectivity index (χ1v) is 6.52. The van der Waals surface area contributed by atoms with E-state index >= 15 is 0 Å². The fraction of sp³-hybridized carbons (Fsp3) is 0.538. The van der Waals surface area contributed by atoms with Crippen molar-refractivity contribution in [3.8, 4) is 0 Å². The Morgan fingerprint density at radius 3 is 2.89 bits per heavy atom. The van der Waals surface area contributed by atoms with Crippen molar-refractivity contribution in [2.45, 2.75) is 43.4 Å². The summed E-state index contributed by atoms with van der Waals surface area (Å²) in [5.41, 5.74) is 0.841. The average Bonchev–Trinajstić information content (AvgIpc) is 2.93. The minimum absolute atomic E-state index is 0.433. The van der Waals surface area contributed by atoms with Crippen molar-refractivity contribution >= 4 is 5.65 Å². The predicted octanol–water partition coefficient (Wildman–Crippen LogP) is 0.831. The van der Waals surface area contributed by atoms with Crippen molar-refractivity contribution in [3.63, 3.8) is 0 Å². The van der Waals surface area contributed by atoms with Crippen molar-refractivity contribution in [3.05, 3.63) is 30.2 Å². The minimum Gasteiger partial charge on any atom is -0.383 e. The Balaban J connectivity index is 1.82. The first kappa shape index (κ1) is 10.5. The van der Waals surface area contributed by atoms with Crippen LogP contribution in [0.2, 0.25) is 0 Å². The molecule has 4 rings (SSSR count). The molecule has 2 unspecified atom stereocenters. The summed E-state index contributed by atoms with van der Waals surface area (Å²) in [6, 6.07) is 4.64. The van der Waals surface area contributed by atoms with Crippen molar-refractivity contribution in [2.75, 3.05) is 0 Å². The third-order valence-electron chi connectivity index (χ3n) is 4.26. The van der Waals surface area contributed by atoms with E-state index in [1.165, 1.54) is 0 Å². The van der Waals surface area contributed by atoms with Gasteiger partial charge in [-0.05, 0) is 37.8 Å². The highest BCUT2D eigenvalue weighted by Crippen LogP contribution is 2.40. The highest BCUT2D eigenvalue weighted by Gasteiger charge is 2.45. The Kier molecular flexibility index (Phi) is 2.05. The van der Waals surface area contributed by atoms with Crippen LogP contribution < -0.4 is 5.32 Å². The van der Waals surface area contributed by atoms with E-state index in [4.69, 9.17) is 0 Å². The first-order chi connectivity index (χ1) is 8.74. The van der Waals surface area contributed by atoms with Crippen LogP contribution in [0.15, 0.2) is 24.5 Å². The molecule has 94 valence electrons. The topological polar surface area (TPSA) is 62.5 Å². The summed E-state index contributed by atoms with van der Waals surface area (Å²) in [5.74, 6) is 0. The molecule has 2 fully saturated rings. The quantitative estimate of drug-likeness (QED) is 0.780. The zero-order chi connectivity index (χ0) is 12.2. The molecule has 2 aromatic rings. The van der Waals surface area contributed by atoms with Gasteiger partial charge in [-0.15, -0.1) is 0 Å². The monoisotopic (exact) mass is 244 g/mol. The lowest BCUT2D eigenvalue weighted by Crippen LogP contribution is -2.47. The number of nitrogens with zero attached hydrogens (tertiary/aromatic N) is 3. The fourth-order valence-corrected chi connectivity index (χ4v) is 3.48. The van der Waals surface area contributed by atoms with E-state index in [1.807, 2.05) is 12.1 Å². The second-order valence-electron chi connectivity index (χ2n) is 5.51. The lowest BCUT2D eigenvalue weighted by Gasteiger charge is -2.36. The molecule has 5 heteroatoms. The Bertz CT molecular complexity index is 581. The highest BCUT2D eigenvalue weighted by molar-refractivity contribution is 5.39. The highest BCUT2D eigenvalue weighted by atomic mass is 16.3. The summed E-state index contributed by atoms with van der Waals surface area (Å²) in [6.45, 7) is 0. The van der Waals surface area contributed by atoms with Gasteiger partial charge < -0.3 is 10.4 Å². The summed E-state index contributed by atoms with van der Waals surface area (Å²) < 4.78 is 1.77. The smallest absolute Gasteiger partial charge is 0.153 e. The molecular formula is C13H16N4O. The zero-order valence-corrected chi connectivity index (χ0v) is 10.1. The molecule has 5 nitrogen and oxygen atoms in total. The van der Waals surface area contributed by atoms with E-state index in [0.717, 1.165) is 37.0 Å². The Morgan fingerprint density at radius 1 is 1.33 bits per heavy atom. The minimum atomic E-state index is -0.787. The molecule has 2 N–H and O–H groups in total. The Morgan fingerprint density at radius 2 is 2.11 bits per heavy atom. The van der Waals surface area contributed by atoms with Gasteiger partial charge in [-0.25, -0.2) is 9.50 Å². The largest absolute Gasteiger partial charge is 0.383 e. The molecular weight excluding hydrogens is 228 g/mol. The van der Waals surface area contributed by atoms with Gasteiger partial charge in [0.05, 0.1) is 11.9 Å². The second-order valence-corrected chi connectivity index (χ2v) is 5.51. The van der Waals surface area contributed by atoms with Crippen LogP contribution in [-0.2, 0) is 5.60 Å². The van der Waals surface area contributed by atoms with Gasteiger partial charge in [0.1, 0.15) is 5.60 Å². The number of hydrogen-bond acceptors (Lipinski definition) is 4. The number of fused-ring (bicyclic) bond motifs is 3. The van der Waals surface area contributed by atoms with Gasteiger partial charge in [0.15, 0.2) is 5.65 Å². The Hall–Kier alpha value is -1.46. The zero-order valence-electron chi connectivity index (χ0n) is 10.1. The summed E-state index contributed by atoms with van der Waals surface area (Å²) >= 11 is 0. The maximum atomic E-state index is 11.0. The van der Waals surface area contributed by atoms with Crippen LogP contribution in [-0.4, -0.2) is 31.8 Å². The lowest BCUT2D eigenvalue weighted by molar-refractivity contribution is -0.0167. The number of imidazole rings is 1. The van der Waals surface area contributed by atoms with Gasteiger partial charge in [-0.3, -0.25) is 0 Å². The van der Waals surface area contributed by atoms with Gasteiger partial charge in [-0.2, -0.15) is 5.10 Å². The van der Waals surface area contributed by atoms with Crippen molar-refractivity contribution < 1.29 is 5.11 Å². The predicted molar refractivity (Wildman–Crippen MR) is 66.1 cm³/mol. The third kappa shape index (κ3) is 1.41. The fourth-order valence-electron chi connectivity index (χ4n) is 3.48. The molecule has 2 aliphatic rings. The van der Waals surface area contributed by atoms with Crippen LogP contribution in [0.5, 0.6) is 0 Å². The molecule has 0 amide bonds. The second kappa shape index (κ2) is 3.52. The average molecular weight is 244 g/mol. The number of nitrogens with one attached hydrogen (secondary N) is 1. The number of rotatable bonds is 1. The molecule has 2 aliphatic heterocycles. The standard InChI is InChI=1S/C13H16N4O/c18-13(6-9-3-4-10(7-13)16-9)11-8-14-12-2-1-5-15-17(11)12/h1-2,5,8-10,16,18H,3-4,6-7H2. The first-order valence-electron chi connectivity index (χ1n) is 6.52. The molecule has 0 aliphatic carbocycles. The van der Waals surface area contributed by atoms with Crippen molar-refractivity contribution in [2.24, 2.45) is 0 Å². The number of aliphatic hydroxyl groups is 1. The van der Waals surface area contributed by atoms with E-state index in [0.29, 0.717) is 12.1 Å². The molecule has 0 radical (unpaired) electrons. The van der Waals surface area contributed by atoms with Gasteiger partial charge in [0.2, 0.25) is 0 Å². The molecule has 18 heavy (non-hydrogen) atoms. The lowest BCUT2D eigenvalue weighted by atomic mass is 9.85. The van der Waals surface area contributed by atoms with Gasteiger partial charge in [-0.1, -0.05) is 0 Å². The summed E-state index contributed by atoms with van der Waals surface area (Å²) in [6.07, 6.45) is 7.35. The molecule has 0 aromatic carbocycles. The van der Waals surface area contributed by atoms with E-state index < -0.39 is 5.60 Å². The van der Waals surface area contributed by atoms with Crippen molar-refractivity contribution in [1.82, 2.24) is 19.9 Å². The van der Waals surface area contributed by atoms with Crippen LogP contribution in [0.4, 0.5) is 0 Å². The van der Waals surface area contributed by atoms with E-state index in [-0.39, 0.29) is 0 Å². The number of piperidine rings is 1. The van der Waals surface area contributed by atoms with Crippen LogP contribution >= 0.6 is 0 Å². The maximum Gasteiger partial charge on any atom is 0.153 e. The maximum absolute atomic E-state index is 11.0. The third-order valence-corrected chi connectivity index (χ3v) is 4.26. The van der Waals surface area contributed by atoms with Crippen LogP contribution in [0.25, 0.3) is 5.65 Å².